The van der Waals surface area contributed by atoms with E-state index in [1.54, 1.807) is 0 Å². The Bertz CT molecular complexity index is 402. The van der Waals surface area contributed by atoms with Crippen molar-refractivity contribution in [1.82, 2.24) is 0 Å². The molecule has 0 spiro atoms. The average Bonchev–Trinajstić information content (AvgIpc) is 2.13. The summed E-state index contributed by atoms with van der Waals surface area (Å²) >= 11 is 3.06. The van der Waals surface area contributed by atoms with Gasteiger partial charge >= 0.3 is 12.1 Å². The van der Waals surface area contributed by atoms with Crippen LogP contribution in [0.2, 0.25) is 0 Å². The van der Waals surface area contributed by atoms with Crippen LogP contribution in [-0.4, -0.2) is 17.3 Å². The molecule has 1 N–H and O–H groups in total. The number of carboxylic acids is 1. The Hall–Kier alpha value is -1.04. The van der Waals surface area contributed by atoms with Gasteiger partial charge < -0.3 is 5.11 Å². The number of aromatic carboxylic acids is 1. The molecule has 0 unspecified atom stereocenters. The molecule has 0 aliphatic carbocycles. The van der Waals surface area contributed by atoms with Crippen molar-refractivity contribution >= 4 is 21.9 Å². The van der Waals surface area contributed by atoms with Crippen LogP contribution in [0.15, 0.2) is 22.7 Å². The third-order valence-corrected chi connectivity index (χ3v) is 2.36. The zero-order valence-corrected chi connectivity index (χ0v) is 9.60. The lowest BCUT2D eigenvalue weighted by molar-refractivity contribution is -0.133. The van der Waals surface area contributed by atoms with Gasteiger partial charge in [-0.1, -0.05) is 15.9 Å². The van der Waals surface area contributed by atoms with E-state index in [9.17, 15) is 18.0 Å². The molecular weight excluding hydrogens is 289 g/mol. The quantitative estimate of drug-likeness (QED) is 0.924. The van der Waals surface area contributed by atoms with Crippen molar-refractivity contribution in [1.29, 1.82) is 0 Å². The first-order valence-corrected chi connectivity index (χ1v) is 5.17. The molecule has 16 heavy (non-hydrogen) atoms. The second-order valence-corrected chi connectivity index (χ2v) is 4.18. The summed E-state index contributed by atoms with van der Waals surface area (Å²) in [6, 6.07) is 4.08. The molecular formula is C10H8BrF3O2. The molecule has 0 saturated heterocycles. The van der Waals surface area contributed by atoms with Crippen LogP contribution in [0.1, 0.15) is 22.3 Å². The molecule has 1 aromatic rings. The highest BCUT2D eigenvalue weighted by molar-refractivity contribution is 9.10. The summed E-state index contributed by atoms with van der Waals surface area (Å²) in [5.74, 6) is -1.16. The number of hydrogen-bond acceptors (Lipinski definition) is 1. The van der Waals surface area contributed by atoms with Crippen molar-refractivity contribution in [2.75, 3.05) is 0 Å². The van der Waals surface area contributed by atoms with E-state index >= 15 is 0 Å². The minimum absolute atomic E-state index is 0.0217. The van der Waals surface area contributed by atoms with Crippen LogP contribution in [0.3, 0.4) is 0 Å². The zero-order chi connectivity index (χ0) is 12.3. The fraction of sp³-hybridized carbons (Fsp3) is 0.300. The Labute approximate surface area is 98.2 Å². The lowest BCUT2D eigenvalue weighted by Gasteiger charge is -2.07. The van der Waals surface area contributed by atoms with Gasteiger partial charge in [0.2, 0.25) is 0 Å². The average molecular weight is 297 g/mol. The number of carbonyl (C=O) groups is 1. The third-order valence-electron chi connectivity index (χ3n) is 1.90. The fourth-order valence-corrected chi connectivity index (χ4v) is 1.74. The lowest BCUT2D eigenvalue weighted by atomic mass is 10.1. The minimum atomic E-state index is -4.23. The summed E-state index contributed by atoms with van der Waals surface area (Å²) in [7, 11) is 0. The van der Waals surface area contributed by atoms with E-state index in [-0.39, 0.29) is 12.0 Å². The highest BCUT2D eigenvalue weighted by atomic mass is 79.9. The van der Waals surface area contributed by atoms with Gasteiger partial charge in [-0.15, -0.1) is 0 Å². The molecule has 0 aliphatic rings. The molecule has 0 heterocycles. The zero-order valence-electron chi connectivity index (χ0n) is 8.01. The largest absolute Gasteiger partial charge is 0.478 e. The lowest BCUT2D eigenvalue weighted by Crippen LogP contribution is -2.09. The molecule has 1 rings (SSSR count). The van der Waals surface area contributed by atoms with Gasteiger partial charge in [-0.25, -0.2) is 4.79 Å². The molecule has 2 nitrogen and oxygen atoms in total. The number of carboxylic acid groups (broad SMARTS) is 1. The molecule has 0 radical (unpaired) electrons. The van der Waals surface area contributed by atoms with Crippen LogP contribution in [0.4, 0.5) is 13.2 Å². The summed E-state index contributed by atoms with van der Waals surface area (Å²) in [5.41, 5.74) is 0.329. The van der Waals surface area contributed by atoms with Crippen molar-refractivity contribution in [3.8, 4) is 0 Å². The third kappa shape index (κ3) is 4.22. The van der Waals surface area contributed by atoms with Gasteiger partial charge in [0.05, 0.1) is 5.56 Å². The van der Waals surface area contributed by atoms with Gasteiger partial charge in [-0.2, -0.15) is 13.2 Å². The smallest absolute Gasteiger partial charge is 0.389 e. The molecule has 0 fully saturated rings. The minimum Gasteiger partial charge on any atom is -0.478 e. The normalized spacial score (nSPS) is 11.5. The number of hydrogen-bond donors (Lipinski definition) is 1. The summed E-state index contributed by atoms with van der Waals surface area (Å²) in [5, 5.41) is 8.72. The first-order valence-electron chi connectivity index (χ1n) is 4.37. The standard InChI is InChI=1S/C10H8BrF3O2/c11-8-4-6(1-2-10(12,13)14)3-7(5-8)9(15)16/h3-5H,1-2H2,(H,15,16). The highest BCUT2D eigenvalue weighted by Crippen LogP contribution is 2.24. The van der Waals surface area contributed by atoms with Gasteiger partial charge in [-0.05, 0) is 30.2 Å². The number of rotatable bonds is 3. The Morgan fingerprint density at radius 3 is 2.44 bits per heavy atom. The van der Waals surface area contributed by atoms with Gasteiger partial charge in [0, 0.05) is 10.9 Å². The number of aryl methyl sites for hydroxylation is 1. The summed E-state index contributed by atoms with van der Waals surface area (Å²) in [4.78, 5) is 10.7. The Morgan fingerprint density at radius 1 is 1.31 bits per heavy atom. The maximum absolute atomic E-state index is 12.0. The molecule has 1 aromatic carbocycles. The number of benzene rings is 1. The van der Waals surface area contributed by atoms with Crippen molar-refractivity contribution < 1.29 is 23.1 Å². The molecule has 0 saturated carbocycles. The number of alkyl halides is 3. The first-order chi connectivity index (χ1) is 7.28. The second-order valence-electron chi connectivity index (χ2n) is 3.27. The summed E-state index contributed by atoms with van der Waals surface area (Å²) in [6.07, 6.45) is -5.41. The van der Waals surface area contributed by atoms with E-state index in [0.29, 0.717) is 10.0 Å². The fourth-order valence-electron chi connectivity index (χ4n) is 1.20. The predicted molar refractivity (Wildman–Crippen MR) is 55.5 cm³/mol. The topological polar surface area (TPSA) is 37.3 Å². The molecule has 6 heteroatoms. The molecule has 0 aliphatic heterocycles. The molecule has 0 aromatic heterocycles. The van der Waals surface area contributed by atoms with Crippen LogP contribution in [0.5, 0.6) is 0 Å². The maximum atomic E-state index is 12.0. The first kappa shape index (κ1) is 13.0. The summed E-state index contributed by atoms with van der Waals surface area (Å²) in [6.45, 7) is 0. The second kappa shape index (κ2) is 4.86. The van der Waals surface area contributed by atoms with Gasteiger partial charge in [0.15, 0.2) is 0 Å². The van der Waals surface area contributed by atoms with Gasteiger partial charge in [-0.3, -0.25) is 0 Å². The van der Waals surface area contributed by atoms with Gasteiger partial charge in [0.25, 0.3) is 0 Å². The van der Waals surface area contributed by atoms with Crippen molar-refractivity contribution in [2.24, 2.45) is 0 Å². The predicted octanol–water partition coefficient (Wildman–Crippen LogP) is 3.64. The highest BCUT2D eigenvalue weighted by Gasteiger charge is 2.26. The number of halogens is 4. The van der Waals surface area contributed by atoms with Crippen molar-refractivity contribution in [3.05, 3.63) is 33.8 Å². The molecule has 0 amide bonds. The Balaban J connectivity index is 2.85. The van der Waals surface area contributed by atoms with Gasteiger partial charge in [0.1, 0.15) is 0 Å². The maximum Gasteiger partial charge on any atom is 0.389 e. The van der Waals surface area contributed by atoms with E-state index in [2.05, 4.69) is 15.9 Å². The SMILES string of the molecule is O=C(O)c1cc(Br)cc(CCC(F)(F)F)c1. The van der Waals surface area contributed by atoms with Crippen LogP contribution in [0.25, 0.3) is 0 Å². The van der Waals surface area contributed by atoms with Crippen LogP contribution in [-0.2, 0) is 6.42 Å². The molecule has 88 valence electrons. The molecule has 0 atom stereocenters. The van der Waals surface area contributed by atoms with E-state index in [4.69, 9.17) is 5.11 Å². The monoisotopic (exact) mass is 296 g/mol. The van der Waals surface area contributed by atoms with Crippen LogP contribution < -0.4 is 0 Å². The van der Waals surface area contributed by atoms with E-state index < -0.39 is 18.6 Å². The molecule has 0 bridgehead atoms. The summed E-state index contributed by atoms with van der Waals surface area (Å²) < 4.78 is 36.4. The van der Waals surface area contributed by atoms with Crippen LogP contribution in [0, 0.1) is 0 Å². The van der Waals surface area contributed by atoms with E-state index in [0.717, 1.165) is 0 Å². The van der Waals surface area contributed by atoms with Crippen molar-refractivity contribution in [2.45, 2.75) is 19.0 Å². The Morgan fingerprint density at radius 2 is 1.94 bits per heavy atom. The van der Waals surface area contributed by atoms with E-state index in [1.165, 1.54) is 18.2 Å². The Kier molecular flexibility index (Phi) is 3.96. The van der Waals surface area contributed by atoms with E-state index in [1.807, 2.05) is 0 Å². The van der Waals surface area contributed by atoms with Crippen molar-refractivity contribution in [3.63, 3.8) is 0 Å². The van der Waals surface area contributed by atoms with Crippen LogP contribution >= 0.6 is 15.9 Å².